The fourth-order valence-corrected chi connectivity index (χ4v) is 4.59. The molecule has 1 fully saturated rings. The van der Waals surface area contributed by atoms with Crippen LogP contribution in [0.5, 0.6) is 0 Å². The first-order valence-electron chi connectivity index (χ1n) is 11.2. The van der Waals surface area contributed by atoms with Gasteiger partial charge in [0.1, 0.15) is 5.52 Å². The molecular formula is C27H22N4O2. The van der Waals surface area contributed by atoms with Crippen LogP contribution < -0.4 is 0 Å². The van der Waals surface area contributed by atoms with E-state index in [0.29, 0.717) is 18.7 Å². The highest BCUT2D eigenvalue weighted by Gasteiger charge is 2.28. The molecule has 0 aliphatic carbocycles. The number of piperidine rings is 1. The van der Waals surface area contributed by atoms with Crippen LogP contribution >= 0.6 is 0 Å². The maximum Gasteiger partial charge on any atom is 0.254 e. The minimum absolute atomic E-state index is 0.0416. The van der Waals surface area contributed by atoms with Crippen LogP contribution in [-0.2, 0) is 0 Å². The number of oxazole rings is 1. The Kier molecular flexibility index (Phi) is 4.83. The van der Waals surface area contributed by atoms with Crippen LogP contribution in [0.3, 0.4) is 0 Å². The largest absolute Gasteiger partial charge is 0.440 e. The molecule has 0 N–H and O–H groups in total. The number of carbonyl (C=O) groups is 1. The lowest BCUT2D eigenvalue weighted by Crippen LogP contribution is -2.38. The summed E-state index contributed by atoms with van der Waals surface area (Å²) in [6.07, 6.45) is 5.15. The second kappa shape index (κ2) is 8.13. The first kappa shape index (κ1) is 19.6. The lowest BCUT2D eigenvalue weighted by molar-refractivity contribution is 0.0708. The molecule has 6 rings (SSSR count). The highest BCUT2D eigenvalue weighted by molar-refractivity contribution is 6.07. The van der Waals surface area contributed by atoms with Crippen LogP contribution in [0.25, 0.3) is 33.3 Å². The molecule has 1 aliphatic heterocycles. The SMILES string of the molecule is O=C(c1cc(-c2ccncc2)nc2ccccc12)N1CCC(c2nc3ccccc3o2)CC1. The topological polar surface area (TPSA) is 72.1 Å². The number of amides is 1. The molecule has 33 heavy (non-hydrogen) atoms. The number of fused-ring (bicyclic) bond motifs is 2. The van der Waals surface area contributed by atoms with Crippen LogP contribution in [-0.4, -0.2) is 38.8 Å². The highest BCUT2D eigenvalue weighted by atomic mass is 16.3. The fourth-order valence-electron chi connectivity index (χ4n) is 4.59. The van der Waals surface area contributed by atoms with Crippen LogP contribution in [0.4, 0.5) is 0 Å². The molecule has 0 spiro atoms. The van der Waals surface area contributed by atoms with Crippen molar-refractivity contribution in [3.63, 3.8) is 0 Å². The zero-order valence-electron chi connectivity index (χ0n) is 18.0. The van der Waals surface area contributed by atoms with Crippen molar-refractivity contribution in [3.05, 3.63) is 90.6 Å². The monoisotopic (exact) mass is 434 g/mol. The summed E-state index contributed by atoms with van der Waals surface area (Å²) in [5.41, 5.74) is 4.93. The van der Waals surface area contributed by atoms with Gasteiger partial charge in [0.15, 0.2) is 11.5 Å². The van der Waals surface area contributed by atoms with Gasteiger partial charge in [-0.2, -0.15) is 0 Å². The Hall–Kier alpha value is -4.06. The normalized spacial score (nSPS) is 14.7. The molecule has 6 nitrogen and oxygen atoms in total. The summed E-state index contributed by atoms with van der Waals surface area (Å²) in [7, 11) is 0. The first-order chi connectivity index (χ1) is 16.3. The predicted molar refractivity (Wildman–Crippen MR) is 127 cm³/mol. The molecule has 6 heteroatoms. The Morgan fingerprint density at radius 1 is 0.879 bits per heavy atom. The van der Waals surface area contributed by atoms with Gasteiger partial charge in [0.2, 0.25) is 0 Å². The summed E-state index contributed by atoms with van der Waals surface area (Å²) in [4.78, 5) is 29.1. The van der Waals surface area contributed by atoms with Crippen molar-refractivity contribution in [1.29, 1.82) is 0 Å². The summed E-state index contributed by atoms with van der Waals surface area (Å²) in [5, 5.41) is 0.876. The molecule has 0 atom stereocenters. The Labute approximate surface area is 190 Å². The highest BCUT2D eigenvalue weighted by Crippen LogP contribution is 2.32. The van der Waals surface area contributed by atoms with Gasteiger partial charge in [0.25, 0.3) is 5.91 Å². The van der Waals surface area contributed by atoms with Crippen molar-refractivity contribution >= 4 is 27.9 Å². The molecule has 1 saturated heterocycles. The van der Waals surface area contributed by atoms with E-state index in [9.17, 15) is 4.79 Å². The summed E-state index contributed by atoms with van der Waals surface area (Å²) >= 11 is 0. The minimum atomic E-state index is 0.0416. The summed E-state index contributed by atoms with van der Waals surface area (Å²) < 4.78 is 5.98. The second-order valence-corrected chi connectivity index (χ2v) is 8.39. The van der Waals surface area contributed by atoms with Gasteiger partial charge in [0.05, 0.1) is 16.8 Å². The Balaban J connectivity index is 1.28. The molecular weight excluding hydrogens is 412 g/mol. The van der Waals surface area contributed by atoms with Crippen molar-refractivity contribution in [2.45, 2.75) is 18.8 Å². The molecule has 4 heterocycles. The van der Waals surface area contributed by atoms with Gasteiger partial charge in [-0.05, 0) is 49.2 Å². The van der Waals surface area contributed by atoms with E-state index in [1.165, 1.54) is 0 Å². The number of rotatable bonds is 3. The van der Waals surface area contributed by atoms with Gasteiger partial charge in [-0.3, -0.25) is 9.78 Å². The van der Waals surface area contributed by atoms with E-state index in [4.69, 9.17) is 9.40 Å². The molecule has 0 bridgehead atoms. The van der Waals surface area contributed by atoms with Crippen molar-refractivity contribution in [2.75, 3.05) is 13.1 Å². The molecule has 3 aromatic heterocycles. The van der Waals surface area contributed by atoms with E-state index >= 15 is 0 Å². The molecule has 0 radical (unpaired) electrons. The zero-order chi connectivity index (χ0) is 22.2. The summed E-state index contributed by atoms with van der Waals surface area (Å²) in [6, 6.07) is 21.4. The third-order valence-corrected chi connectivity index (χ3v) is 6.36. The van der Waals surface area contributed by atoms with E-state index in [1.807, 2.05) is 71.6 Å². The zero-order valence-corrected chi connectivity index (χ0v) is 18.0. The van der Waals surface area contributed by atoms with Gasteiger partial charge < -0.3 is 9.32 Å². The predicted octanol–water partition coefficient (Wildman–Crippen LogP) is 5.46. The maximum absolute atomic E-state index is 13.6. The smallest absolute Gasteiger partial charge is 0.254 e. The van der Waals surface area contributed by atoms with Crippen LogP contribution in [0.15, 0.2) is 83.5 Å². The number of likely N-dealkylation sites (tertiary alicyclic amines) is 1. The number of pyridine rings is 2. The lowest BCUT2D eigenvalue weighted by atomic mass is 9.95. The number of carbonyl (C=O) groups excluding carboxylic acids is 1. The number of para-hydroxylation sites is 3. The number of hydrogen-bond acceptors (Lipinski definition) is 5. The average Bonchev–Trinajstić information content (AvgIpc) is 3.33. The van der Waals surface area contributed by atoms with Crippen molar-refractivity contribution in [2.24, 2.45) is 0 Å². The first-order valence-corrected chi connectivity index (χ1v) is 11.2. The van der Waals surface area contributed by atoms with E-state index in [0.717, 1.165) is 52.0 Å². The van der Waals surface area contributed by atoms with Crippen molar-refractivity contribution in [1.82, 2.24) is 19.9 Å². The second-order valence-electron chi connectivity index (χ2n) is 8.39. The molecule has 0 saturated carbocycles. The van der Waals surface area contributed by atoms with E-state index in [1.54, 1.807) is 12.4 Å². The van der Waals surface area contributed by atoms with E-state index in [2.05, 4.69) is 9.97 Å². The molecule has 5 aromatic rings. The summed E-state index contributed by atoms with van der Waals surface area (Å²) in [6.45, 7) is 1.34. The number of aromatic nitrogens is 3. The standard InChI is InChI=1S/C27H22N4O2/c32-27(31-15-11-19(12-16-31)26-30-23-7-3-4-8-25(23)33-26)21-17-24(18-9-13-28-14-10-18)29-22-6-2-1-5-20(21)22/h1-10,13-14,17,19H,11-12,15-16H2. The minimum Gasteiger partial charge on any atom is -0.440 e. The number of nitrogens with zero attached hydrogens (tertiary/aromatic N) is 4. The fraction of sp³-hybridized carbons (Fsp3) is 0.185. The average molecular weight is 434 g/mol. The maximum atomic E-state index is 13.6. The van der Waals surface area contributed by atoms with Gasteiger partial charge in [-0.25, -0.2) is 9.97 Å². The third kappa shape index (κ3) is 3.63. The molecule has 2 aromatic carbocycles. The lowest BCUT2D eigenvalue weighted by Gasteiger charge is -2.31. The van der Waals surface area contributed by atoms with Crippen LogP contribution in [0.2, 0.25) is 0 Å². The van der Waals surface area contributed by atoms with Crippen LogP contribution in [0.1, 0.15) is 35.0 Å². The molecule has 1 aliphatic rings. The van der Waals surface area contributed by atoms with Gasteiger partial charge >= 0.3 is 0 Å². The van der Waals surface area contributed by atoms with Gasteiger partial charge in [-0.1, -0.05) is 30.3 Å². The Morgan fingerprint density at radius 2 is 1.61 bits per heavy atom. The van der Waals surface area contributed by atoms with Crippen LogP contribution in [0, 0.1) is 0 Å². The number of benzene rings is 2. The quantitative estimate of drug-likeness (QED) is 0.377. The van der Waals surface area contributed by atoms with Gasteiger partial charge in [-0.15, -0.1) is 0 Å². The van der Waals surface area contributed by atoms with Gasteiger partial charge in [0, 0.05) is 42.4 Å². The molecule has 1 amide bonds. The number of hydrogen-bond donors (Lipinski definition) is 0. The summed E-state index contributed by atoms with van der Waals surface area (Å²) in [5.74, 6) is 1.04. The Bertz CT molecular complexity index is 1420. The Morgan fingerprint density at radius 3 is 2.39 bits per heavy atom. The third-order valence-electron chi connectivity index (χ3n) is 6.36. The van der Waals surface area contributed by atoms with Crippen molar-refractivity contribution in [3.8, 4) is 11.3 Å². The van der Waals surface area contributed by atoms with Crippen molar-refractivity contribution < 1.29 is 9.21 Å². The van der Waals surface area contributed by atoms with E-state index < -0.39 is 0 Å². The molecule has 0 unspecified atom stereocenters. The molecule has 162 valence electrons. The van der Waals surface area contributed by atoms with E-state index in [-0.39, 0.29) is 11.8 Å².